The second-order valence-electron chi connectivity index (χ2n) is 8.22. The van der Waals surface area contributed by atoms with E-state index >= 15 is 0 Å². The van der Waals surface area contributed by atoms with Crippen LogP contribution in [0.15, 0.2) is 12.2 Å². The number of carbonyl (C=O) groups excluding carboxylic acids is 1. The topological polar surface area (TPSA) is 65.0 Å². The van der Waals surface area contributed by atoms with Gasteiger partial charge in [-0.3, -0.25) is 0 Å². The molecule has 2 fully saturated rings. The molecule has 1 saturated carbocycles. The number of hydrogen-bond acceptors (Lipinski definition) is 5. The maximum absolute atomic E-state index is 10.6. The third kappa shape index (κ3) is 5.38. The molecule has 5 heteroatoms. The van der Waals surface area contributed by atoms with Crippen LogP contribution in [0, 0.1) is 17.3 Å². The van der Waals surface area contributed by atoms with E-state index in [2.05, 4.69) is 6.08 Å². The highest BCUT2D eigenvalue weighted by molar-refractivity contribution is 5.48. The molecule has 2 unspecified atom stereocenters. The van der Waals surface area contributed by atoms with Crippen molar-refractivity contribution in [3.8, 4) is 0 Å². The Bertz CT molecular complexity index is 453. The summed E-state index contributed by atoms with van der Waals surface area (Å²) in [6, 6.07) is 0. The highest BCUT2D eigenvalue weighted by Crippen LogP contribution is 2.48. The number of aliphatic hydroxyl groups is 1. The number of carbonyl (C=O) groups is 1. The molecule has 2 aliphatic rings. The number of aliphatic hydroxyl groups excluding tert-OH is 1. The van der Waals surface area contributed by atoms with Gasteiger partial charge < -0.3 is 24.1 Å². The summed E-state index contributed by atoms with van der Waals surface area (Å²) in [6.07, 6.45) is 9.95. The first-order valence-electron chi connectivity index (χ1n) is 10.1. The van der Waals surface area contributed by atoms with Crippen molar-refractivity contribution in [1.29, 1.82) is 0 Å². The lowest BCUT2D eigenvalue weighted by Crippen LogP contribution is -2.36. The number of allylic oxidation sites excluding steroid dienone is 1. The van der Waals surface area contributed by atoms with Gasteiger partial charge in [0.2, 0.25) is 0 Å². The molecule has 0 radical (unpaired) electrons. The van der Waals surface area contributed by atoms with E-state index in [1.165, 1.54) is 0 Å². The molecule has 2 rings (SSSR count). The predicted molar refractivity (Wildman–Crippen MR) is 101 cm³/mol. The first-order chi connectivity index (χ1) is 12.4. The van der Waals surface area contributed by atoms with Gasteiger partial charge in [0, 0.05) is 30.8 Å². The fraction of sp³-hybridized carbons (Fsp3) is 0.857. The first kappa shape index (κ1) is 21.5. The summed E-state index contributed by atoms with van der Waals surface area (Å²) in [7, 11) is 0. The van der Waals surface area contributed by atoms with Crippen LogP contribution in [0.2, 0.25) is 0 Å². The Labute approximate surface area is 158 Å². The smallest absolute Gasteiger partial charge is 0.171 e. The van der Waals surface area contributed by atoms with Crippen LogP contribution in [0.3, 0.4) is 0 Å². The van der Waals surface area contributed by atoms with E-state index in [1.807, 2.05) is 26.8 Å². The van der Waals surface area contributed by atoms with E-state index in [0.717, 1.165) is 38.4 Å². The maximum atomic E-state index is 10.6. The van der Waals surface area contributed by atoms with Gasteiger partial charge in [-0.1, -0.05) is 32.4 Å². The van der Waals surface area contributed by atoms with E-state index in [-0.39, 0.29) is 11.3 Å². The Hall–Kier alpha value is -0.750. The number of ether oxygens (including phenoxy) is 3. The summed E-state index contributed by atoms with van der Waals surface area (Å²) >= 11 is 0. The maximum Gasteiger partial charge on any atom is 0.171 e. The molecule has 150 valence electrons. The quantitative estimate of drug-likeness (QED) is 0.343. The molecule has 5 nitrogen and oxygen atoms in total. The minimum Gasteiger partial charge on any atom is -0.388 e. The van der Waals surface area contributed by atoms with Gasteiger partial charge in [0.25, 0.3) is 0 Å². The average Bonchev–Trinajstić information content (AvgIpc) is 3.23. The van der Waals surface area contributed by atoms with Crippen molar-refractivity contribution in [2.24, 2.45) is 17.3 Å². The Kier molecular flexibility index (Phi) is 8.27. The van der Waals surface area contributed by atoms with Crippen LogP contribution >= 0.6 is 0 Å². The van der Waals surface area contributed by atoms with Crippen LogP contribution in [0.5, 0.6) is 0 Å². The zero-order valence-electron chi connectivity index (χ0n) is 16.6. The second-order valence-corrected chi connectivity index (χ2v) is 8.22. The van der Waals surface area contributed by atoms with Gasteiger partial charge in [-0.15, -0.1) is 0 Å². The largest absolute Gasteiger partial charge is 0.388 e. The lowest BCUT2D eigenvalue weighted by atomic mass is 9.84. The number of rotatable bonds is 11. The van der Waals surface area contributed by atoms with Crippen LogP contribution < -0.4 is 0 Å². The minimum atomic E-state index is -0.549. The van der Waals surface area contributed by atoms with Crippen LogP contribution in [0.4, 0.5) is 0 Å². The van der Waals surface area contributed by atoms with E-state index in [1.54, 1.807) is 0 Å². The standard InChI is InChI=1S/C21H36O5/c1-4-24-16-20(2,3)19(23)10-9-17-11-12-21(25-14-15-26-21)18(17)8-6-5-7-13-22/h9-10,13,17-19,23H,4-8,11-12,14-16H2,1-3H3/t17-,18?,19?/m1/s1. The summed E-state index contributed by atoms with van der Waals surface area (Å²) in [5, 5.41) is 10.6. The van der Waals surface area contributed by atoms with Gasteiger partial charge in [0.1, 0.15) is 6.29 Å². The molecule has 1 spiro atoms. The Balaban J connectivity index is 1.99. The van der Waals surface area contributed by atoms with Crippen molar-refractivity contribution in [2.75, 3.05) is 26.4 Å². The summed E-state index contributed by atoms with van der Waals surface area (Å²) in [4.78, 5) is 10.6. The summed E-state index contributed by atoms with van der Waals surface area (Å²) in [6.45, 7) is 8.51. The Morgan fingerprint density at radius 3 is 2.69 bits per heavy atom. The molecule has 1 aliphatic carbocycles. The fourth-order valence-corrected chi connectivity index (χ4v) is 4.12. The Morgan fingerprint density at radius 1 is 1.31 bits per heavy atom. The van der Waals surface area contributed by atoms with Crippen molar-refractivity contribution in [1.82, 2.24) is 0 Å². The van der Waals surface area contributed by atoms with E-state index < -0.39 is 11.9 Å². The summed E-state index contributed by atoms with van der Waals surface area (Å²) in [5.74, 6) is 0.166. The monoisotopic (exact) mass is 368 g/mol. The van der Waals surface area contributed by atoms with Crippen molar-refractivity contribution in [3.63, 3.8) is 0 Å². The molecule has 1 aliphatic heterocycles. The molecule has 3 atom stereocenters. The second kappa shape index (κ2) is 9.98. The average molecular weight is 369 g/mol. The predicted octanol–water partition coefficient (Wildman–Crippen LogP) is 3.49. The SMILES string of the molecule is CCOCC(C)(C)C(O)C=C[C@@H]1CCC2(OCCO2)C1CCCCC=O. The normalized spacial score (nSPS) is 26.8. The van der Waals surface area contributed by atoms with E-state index in [0.29, 0.717) is 38.8 Å². The third-order valence-corrected chi connectivity index (χ3v) is 5.79. The molecule has 1 saturated heterocycles. The fourth-order valence-electron chi connectivity index (χ4n) is 4.12. The van der Waals surface area contributed by atoms with Crippen molar-refractivity contribution >= 4 is 6.29 Å². The lowest BCUT2D eigenvalue weighted by molar-refractivity contribution is -0.186. The number of aldehydes is 1. The first-order valence-corrected chi connectivity index (χ1v) is 10.1. The van der Waals surface area contributed by atoms with Gasteiger partial charge >= 0.3 is 0 Å². The van der Waals surface area contributed by atoms with E-state index in [4.69, 9.17) is 14.2 Å². The molecule has 0 aromatic rings. The molecule has 0 bridgehead atoms. The van der Waals surface area contributed by atoms with Crippen molar-refractivity contribution in [3.05, 3.63) is 12.2 Å². The zero-order valence-corrected chi connectivity index (χ0v) is 16.6. The summed E-state index contributed by atoms with van der Waals surface area (Å²) < 4.78 is 17.5. The van der Waals surface area contributed by atoms with Crippen LogP contribution in [0.1, 0.15) is 59.3 Å². The highest BCUT2D eigenvalue weighted by atomic mass is 16.7. The molecule has 1 N–H and O–H groups in total. The molecule has 0 aromatic carbocycles. The molecular weight excluding hydrogens is 332 g/mol. The third-order valence-electron chi connectivity index (χ3n) is 5.79. The Morgan fingerprint density at radius 2 is 2.04 bits per heavy atom. The van der Waals surface area contributed by atoms with Gasteiger partial charge in [-0.05, 0) is 32.1 Å². The van der Waals surface area contributed by atoms with Gasteiger partial charge in [-0.2, -0.15) is 0 Å². The zero-order chi connectivity index (χ0) is 19.0. The van der Waals surface area contributed by atoms with Gasteiger partial charge in [0.05, 0.1) is 25.9 Å². The van der Waals surface area contributed by atoms with Crippen molar-refractivity contribution in [2.45, 2.75) is 71.2 Å². The van der Waals surface area contributed by atoms with Crippen LogP contribution in [0.25, 0.3) is 0 Å². The van der Waals surface area contributed by atoms with Gasteiger partial charge in [-0.25, -0.2) is 0 Å². The molecule has 1 heterocycles. The minimum absolute atomic E-state index is 0.287. The van der Waals surface area contributed by atoms with Crippen molar-refractivity contribution < 1.29 is 24.1 Å². The molecule has 26 heavy (non-hydrogen) atoms. The molecular formula is C21H36O5. The molecule has 0 aromatic heterocycles. The van der Waals surface area contributed by atoms with Crippen LogP contribution in [-0.2, 0) is 19.0 Å². The van der Waals surface area contributed by atoms with Crippen LogP contribution in [-0.4, -0.2) is 49.7 Å². The van der Waals surface area contributed by atoms with E-state index in [9.17, 15) is 9.90 Å². The lowest BCUT2D eigenvalue weighted by Gasteiger charge is -2.32. The highest BCUT2D eigenvalue weighted by Gasteiger charge is 2.51. The number of unbranched alkanes of at least 4 members (excludes halogenated alkanes) is 2. The summed E-state index contributed by atoms with van der Waals surface area (Å²) in [5.41, 5.74) is -0.317. The molecule has 0 amide bonds. The number of hydrogen-bond donors (Lipinski definition) is 1. The van der Waals surface area contributed by atoms with Gasteiger partial charge in [0.15, 0.2) is 5.79 Å².